The zero-order valence-corrected chi connectivity index (χ0v) is 15.4. The fraction of sp³-hybridized carbons (Fsp3) is 0.667. The van der Waals surface area contributed by atoms with Crippen LogP contribution in [0.4, 0.5) is 0 Å². The van der Waals surface area contributed by atoms with E-state index < -0.39 is 0 Å². The number of pyridine rings is 1. The standard InChI is InChI=1S/C18H29N3O2S/c1-2-3-4-5-8-16(24-17-9-6-7-10-19-17)18(22)20-15-21-11-13-23-14-12-21/h6-7,9-10,16H,2-5,8,11-15H2,1H3,(H,20,22). The average Bonchev–Trinajstić information content (AvgIpc) is 2.64. The molecular formula is C18H29N3O2S. The van der Waals surface area contributed by atoms with Gasteiger partial charge < -0.3 is 10.1 Å². The molecule has 5 nitrogen and oxygen atoms in total. The molecular weight excluding hydrogens is 322 g/mol. The highest BCUT2D eigenvalue weighted by Crippen LogP contribution is 2.25. The third-order valence-corrected chi connectivity index (χ3v) is 5.31. The van der Waals surface area contributed by atoms with Crippen molar-refractivity contribution in [2.45, 2.75) is 49.3 Å². The largest absolute Gasteiger partial charge is 0.379 e. The average molecular weight is 352 g/mol. The van der Waals surface area contributed by atoms with E-state index in [9.17, 15) is 4.79 Å². The first-order valence-electron chi connectivity index (χ1n) is 8.95. The Bertz CT molecular complexity index is 467. The number of hydrogen-bond donors (Lipinski definition) is 1. The maximum absolute atomic E-state index is 12.6. The van der Waals surface area contributed by atoms with Crippen molar-refractivity contribution in [1.82, 2.24) is 15.2 Å². The Labute approximate surface area is 149 Å². The number of nitrogens with one attached hydrogen (secondary N) is 1. The van der Waals surface area contributed by atoms with Gasteiger partial charge >= 0.3 is 0 Å². The summed E-state index contributed by atoms with van der Waals surface area (Å²) in [6.45, 7) is 6.08. The van der Waals surface area contributed by atoms with E-state index in [2.05, 4.69) is 22.1 Å². The predicted octanol–water partition coefficient (Wildman–Crippen LogP) is 2.92. The monoisotopic (exact) mass is 351 g/mol. The molecule has 1 aliphatic rings. The maximum atomic E-state index is 12.6. The van der Waals surface area contributed by atoms with Crippen LogP contribution in [0.15, 0.2) is 29.4 Å². The summed E-state index contributed by atoms with van der Waals surface area (Å²) < 4.78 is 5.34. The molecule has 24 heavy (non-hydrogen) atoms. The summed E-state index contributed by atoms with van der Waals surface area (Å²) in [4.78, 5) is 19.2. The molecule has 134 valence electrons. The molecule has 0 radical (unpaired) electrons. The van der Waals surface area contributed by atoms with E-state index >= 15 is 0 Å². The molecule has 1 amide bonds. The summed E-state index contributed by atoms with van der Waals surface area (Å²) in [5.41, 5.74) is 0. The Kier molecular flexibility index (Phi) is 9.16. The fourth-order valence-electron chi connectivity index (χ4n) is 2.63. The Morgan fingerprint density at radius 2 is 2.17 bits per heavy atom. The van der Waals surface area contributed by atoms with E-state index in [-0.39, 0.29) is 11.2 Å². The molecule has 0 saturated carbocycles. The normalized spacial score (nSPS) is 16.7. The van der Waals surface area contributed by atoms with Crippen LogP contribution in [0.5, 0.6) is 0 Å². The highest BCUT2D eigenvalue weighted by molar-refractivity contribution is 8.00. The molecule has 1 aromatic rings. The summed E-state index contributed by atoms with van der Waals surface area (Å²) in [7, 11) is 0. The van der Waals surface area contributed by atoms with E-state index in [0.717, 1.165) is 44.2 Å². The highest BCUT2D eigenvalue weighted by Gasteiger charge is 2.21. The minimum Gasteiger partial charge on any atom is -0.379 e. The molecule has 0 bridgehead atoms. The summed E-state index contributed by atoms with van der Waals surface area (Å²) >= 11 is 1.58. The first kappa shape index (κ1) is 19.2. The zero-order valence-electron chi connectivity index (χ0n) is 14.6. The van der Waals surface area contributed by atoms with E-state index in [1.807, 2.05) is 18.2 Å². The molecule has 1 unspecified atom stereocenters. The smallest absolute Gasteiger partial charge is 0.234 e. The zero-order chi connectivity index (χ0) is 17.0. The highest BCUT2D eigenvalue weighted by atomic mass is 32.2. The van der Waals surface area contributed by atoms with Gasteiger partial charge in [-0.15, -0.1) is 0 Å². The molecule has 1 fully saturated rings. The molecule has 1 aliphatic heterocycles. The van der Waals surface area contributed by atoms with Crippen LogP contribution in [0.1, 0.15) is 39.0 Å². The Morgan fingerprint density at radius 1 is 1.33 bits per heavy atom. The molecule has 1 N–H and O–H groups in total. The van der Waals surface area contributed by atoms with Gasteiger partial charge in [-0.1, -0.05) is 50.4 Å². The van der Waals surface area contributed by atoms with Crippen molar-refractivity contribution in [3.63, 3.8) is 0 Å². The number of amides is 1. The first-order valence-corrected chi connectivity index (χ1v) is 9.83. The maximum Gasteiger partial charge on any atom is 0.234 e. The molecule has 2 heterocycles. The third-order valence-electron chi connectivity index (χ3n) is 4.09. The molecule has 1 saturated heterocycles. The van der Waals surface area contributed by atoms with Crippen molar-refractivity contribution >= 4 is 17.7 Å². The van der Waals surface area contributed by atoms with Crippen LogP contribution in [0.25, 0.3) is 0 Å². The summed E-state index contributed by atoms with van der Waals surface area (Å²) in [6.07, 6.45) is 7.39. The number of thioether (sulfide) groups is 1. The van der Waals surface area contributed by atoms with Crippen molar-refractivity contribution in [3.8, 4) is 0 Å². The van der Waals surface area contributed by atoms with Crippen LogP contribution in [0, 0.1) is 0 Å². The first-order chi connectivity index (χ1) is 11.8. The summed E-state index contributed by atoms with van der Waals surface area (Å²) in [5, 5.41) is 3.94. The van der Waals surface area contributed by atoms with Gasteiger partial charge in [0.05, 0.1) is 30.2 Å². The number of carbonyl (C=O) groups excluding carboxylic acids is 1. The van der Waals surface area contributed by atoms with Gasteiger partial charge in [-0.05, 0) is 18.6 Å². The lowest BCUT2D eigenvalue weighted by molar-refractivity contribution is -0.121. The van der Waals surface area contributed by atoms with Gasteiger partial charge in [-0.3, -0.25) is 9.69 Å². The van der Waals surface area contributed by atoms with Crippen LogP contribution in [-0.4, -0.2) is 54.0 Å². The van der Waals surface area contributed by atoms with Crippen molar-refractivity contribution < 1.29 is 9.53 Å². The number of carbonyl (C=O) groups is 1. The lowest BCUT2D eigenvalue weighted by Crippen LogP contribution is -2.45. The second-order valence-electron chi connectivity index (χ2n) is 6.05. The van der Waals surface area contributed by atoms with E-state index in [1.54, 1.807) is 18.0 Å². The van der Waals surface area contributed by atoms with Gasteiger partial charge in [-0.2, -0.15) is 0 Å². The number of aromatic nitrogens is 1. The lowest BCUT2D eigenvalue weighted by atomic mass is 10.1. The molecule has 1 aromatic heterocycles. The molecule has 0 aromatic carbocycles. The summed E-state index contributed by atoms with van der Waals surface area (Å²) in [6, 6.07) is 5.84. The number of nitrogens with zero attached hydrogens (tertiary/aromatic N) is 2. The van der Waals surface area contributed by atoms with E-state index in [0.29, 0.717) is 6.67 Å². The molecule has 0 spiro atoms. The molecule has 0 aliphatic carbocycles. The Balaban J connectivity index is 1.83. The number of hydrogen-bond acceptors (Lipinski definition) is 5. The quantitative estimate of drug-likeness (QED) is 0.519. The van der Waals surface area contributed by atoms with E-state index in [1.165, 1.54) is 19.3 Å². The minimum atomic E-state index is -0.0715. The minimum absolute atomic E-state index is 0.0715. The van der Waals surface area contributed by atoms with Gasteiger partial charge in [0.2, 0.25) is 5.91 Å². The lowest BCUT2D eigenvalue weighted by Gasteiger charge is -2.27. The molecule has 1 atom stereocenters. The van der Waals surface area contributed by atoms with Crippen LogP contribution < -0.4 is 5.32 Å². The van der Waals surface area contributed by atoms with Crippen molar-refractivity contribution in [2.75, 3.05) is 33.0 Å². The Hall–Kier alpha value is -1.11. The topological polar surface area (TPSA) is 54.5 Å². The van der Waals surface area contributed by atoms with Crippen LogP contribution in [-0.2, 0) is 9.53 Å². The number of ether oxygens (including phenoxy) is 1. The second-order valence-corrected chi connectivity index (χ2v) is 7.28. The number of unbranched alkanes of at least 4 members (excludes halogenated alkanes) is 3. The van der Waals surface area contributed by atoms with Crippen LogP contribution in [0.3, 0.4) is 0 Å². The van der Waals surface area contributed by atoms with Crippen LogP contribution >= 0.6 is 11.8 Å². The number of morpholine rings is 1. The van der Waals surface area contributed by atoms with Crippen LogP contribution in [0.2, 0.25) is 0 Å². The van der Waals surface area contributed by atoms with Gasteiger partial charge in [0.15, 0.2) is 0 Å². The second kappa shape index (κ2) is 11.4. The Morgan fingerprint density at radius 3 is 2.88 bits per heavy atom. The van der Waals surface area contributed by atoms with Gasteiger partial charge in [0.1, 0.15) is 0 Å². The SMILES string of the molecule is CCCCCCC(Sc1ccccn1)C(=O)NCN1CCOCC1. The molecule has 2 rings (SSSR count). The molecule has 6 heteroatoms. The predicted molar refractivity (Wildman–Crippen MR) is 98.0 cm³/mol. The van der Waals surface area contributed by atoms with Gasteiger partial charge in [0.25, 0.3) is 0 Å². The van der Waals surface area contributed by atoms with Gasteiger partial charge in [0, 0.05) is 19.3 Å². The number of rotatable bonds is 10. The summed E-state index contributed by atoms with van der Waals surface area (Å²) in [5.74, 6) is 0.119. The third kappa shape index (κ3) is 7.20. The van der Waals surface area contributed by atoms with Crippen molar-refractivity contribution in [1.29, 1.82) is 0 Å². The van der Waals surface area contributed by atoms with Crippen molar-refractivity contribution in [3.05, 3.63) is 24.4 Å². The van der Waals surface area contributed by atoms with E-state index in [4.69, 9.17) is 4.74 Å². The van der Waals surface area contributed by atoms with Crippen molar-refractivity contribution in [2.24, 2.45) is 0 Å². The fourth-order valence-corrected chi connectivity index (χ4v) is 3.67. The van der Waals surface area contributed by atoms with Gasteiger partial charge in [-0.25, -0.2) is 4.98 Å².